The molecule has 0 aliphatic heterocycles. The summed E-state index contributed by atoms with van der Waals surface area (Å²) >= 11 is 0. The molecule has 0 spiro atoms. The minimum atomic E-state index is -5.30. The first-order valence-electron chi connectivity index (χ1n) is 30.0. The summed E-state index contributed by atoms with van der Waals surface area (Å²) in [6.07, 6.45) is 4.95. The van der Waals surface area contributed by atoms with Gasteiger partial charge in [0.2, 0.25) is 30.1 Å². The molecule has 6 aromatic rings. The molecule has 0 heterocycles. The van der Waals surface area contributed by atoms with Crippen molar-refractivity contribution < 1.29 is 72.9 Å². The first kappa shape index (κ1) is 66.8. The molecule has 0 unspecified atom stereocenters. The maximum Gasteiger partial charge on any atom is 0.477 e. The van der Waals surface area contributed by atoms with Crippen LogP contribution >= 0.6 is 7.82 Å². The highest BCUT2D eigenvalue weighted by Gasteiger charge is 2.53. The number of aromatic hydroxyl groups is 3. The van der Waals surface area contributed by atoms with Gasteiger partial charge in [0.1, 0.15) is 16.8 Å². The van der Waals surface area contributed by atoms with Crippen molar-refractivity contribution in [3.8, 4) is 34.5 Å². The Balaban J connectivity index is 1.20. The van der Waals surface area contributed by atoms with E-state index in [1.807, 2.05) is 41.5 Å². The number of anilines is 6. The number of hydrogen-bond acceptors (Lipinski definition) is 19. The van der Waals surface area contributed by atoms with Gasteiger partial charge in [-0.25, -0.2) is 44.0 Å². The zero-order chi connectivity index (χ0) is 64.3. The number of sulfonamides is 3. The fraction of sp³-hybridized carbons (Fsp3) is 0.429. The topological polar surface area (TPSA) is 308 Å². The molecule has 0 radical (unpaired) electrons. The molecule has 3 saturated carbocycles. The molecule has 3 fully saturated rings. The van der Waals surface area contributed by atoms with Crippen molar-refractivity contribution in [1.82, 2.24) is 14.2 Å². The van der Waals surface area contributed by atoms with Gasteiger partial charge in [0.25, 0.3) is 0 Å². The largest absolute Gasteiger partial charge is 0.504 e. The number of phosphoric ester groups is 1. The van der Waals surface area contributed by atoms with Crippen LogP contribution in [0.2, 0.25) is 0 Å². The quantitative estimate of drug-likeness (QED) is 0.0173. The number of phenols is 3. The van der Waals surface area contributed by atoms with E-state index in [9.17, 15) is 40.6 Å². The number of phenolic OH excluding ortho intramolecular Hbond substituents is 3. The highest BCUT2D eigenvalue weighted by molar-refractivity contribution is 7.90. The molecule has 0 saturated heterocycles. The van der Waals surface area contributed by atoms with Crippen molar-refractivity contribution in [2.45, 2.75) is 168 Å². The molecular weight excluding hydrogens is 1220 g/mol. The Labute approximate surface area is 522 Å². The van der Waals surface area contributed by atoms with Crippen LogP contribution in [0.25, 0.3) is 0 Å². The molecule has 26 heteroatoms. The summed E-state index contributed by atoms with van der Waals surface area (Å²) in [4.78, 5) is 0.133. The van der Waals surface area contributed by atoms with E-state index in [-0.39, 0.29) is 123 Å². The van der Waals surface area contributed by atoms with Crippen LogP contribution in [-0.4, -0.2) is 80.0 Å². The first-order valence-corrected chi connectivity index (χ1v) is 35.9. The van der Waals surface area contributed by atoms with Crippen LogP contribution in [0.1, 0.15) is 135 Å². The lowest BCUT2D eigenvalue weighted by Crippen LogP contribution is -2.36. The molecule has 89 heavy (non-hydrogen) atoms. The minimum absolute atomic E-state index is 0.0255. The monoisotopic (exact) mass is 1300 g/mol. The minimum Gasteiger partial charge on any atom is -0.504 e. The number of hydrogen-bond donors (Lipinski definition) is 9. The van der Waals surface area contributed by atoms with Gasteiger partial charge < -0.3 is 45.5 Å². The van der Waals surface area contributed by atoms with Crippen LogP contribution in [0.4, 0.5) is 34.1 Å². The van der Waals surface area contributed by atoms with Gasteiger partial charge in [-0.05, 0) is 168 Å². The van der Waals surface area contributed by atoms with E-state index >= 15 is 4.57 Å². The third kappa shape index (κ3) is 14.4. The molecule has 0 aromatic heterocycles. The second-order valence-electron chi connectivity index (χ2n) is 22.6. The molecule has 3 aliphatic carbocycles. The lowest BCUT2D eigenvalue weighted by atomic mass is 9.86. The SMILES string of the molecule is CCC(CC)(OP(=O)(OC(CC)(CC)c1ccc(O)c(OC)c1Nc1ccc(S(=O)(=O)NC2CC2)cc1)OC(CC)(CC)c1ccc(O)c(OC)c1Nc1ccc(S(=O)(=O)NC2CC2)cc1)c1ccc(O)c(OC)c1Nc1ccc(S(=O)(=O)NC2CC2)cc1. The molecule has 6 aromatic carbocycles. The van der Waals surface area contributed by atoms with Gasteiger partial charge in [0.05, 0.1) is 53.1 Å². The lowest BCUT2D eigenvalue weighted by molar-refractivity contribution is -0.0811. The Morgan fingerprint density at radius 1 is 0.393 bits per heavy atom. The summed E-state index contributed by atoms with van der Waals surface area (Å²) in [6, 6.07) is 26.8. The van der Waals surface area contributed by atoms with E-state index in [0.717, 1.165) is 38.5 Å². The van der Waals surface area contributed by atoms with Crippen LogP contribution in [-0.2, 0) is 65.0 Å². The average molecular weight is 1310 g/mol. The molecule has 3 aliphatic rings. The number of ether oxygens (including phenoxy) is 3. The van der Waals surface area contributed by atoms with Crippen molar-refractivity contribution in [3.05, 3.63) is 126 Å². The van der Waals surface area contributed by atoms with Crippen LogP contribution in [0.15, 0.2) is 124 Å². The Kier molecular flexibility index (Phi) is 20.0. The van der Waals surface area contributed by atoms with E-state index in [1.165, 1.54) is 75.9 Å². The van der Waals surface area contributed by atoms with Gasteiger partial charge in [-0.3, -0.25) is 13.6 Å². The van der Waals surface area contributed by atoms with E-state index in [0.29, 0.717) is 33.8 Å². The molecular formula is C63H81N6O16PS3. The summed E-state index contributed by atoms with van der Waals surface area (Å²) in [5.74, 6) is -0.881. The first-order chi connectivity index (χ1) is 42.3. The highest BCUT2D eigenvalue weighted by atomic mass is 32.2. The van der Waals surface area contributed by atoms with E-state index in [4.69, 9.17) is 27.8 Å². The number of rotatable bonds is 33. The Hall–Kier alpha value is -6.64. The van der Waals surface area contributed by atoms with Crippen molar-refractivity contribution >= 4 is 72.0 Å². The van der Waals surface area contributed by atoms with Gasteiger partial charge in [-0.15, -0.1) is 0 Å². The average Bonchev–Trinajstić information content (AvgIpc) is 2.12. The zero-order valence-corrected chi connectivity index (χ0v) is 54.8. The van der Waals surface area contributed by atoms with Crippen LogP contribution in [0.3, 0.4) is 0 Å². The molecule has 482 valence electrons. The zero-order valence-electron chi connectivity index (χ0n) is 51.4. The Morgan fingerprint density at radius 2 is 0.618 bits per heavy atom. The van der Waals surface area contributed by atoms with Gasteiger partial charge in [0, 0.05) is 51.9 Å². The van der Waals surface area contributed by atoms with Gasteiger partial charge in [-0.2, -0.15) is 0 Å². The summed E-state index contributed by atoms with van der Waals surface area (Å²) in [7, 11) is -12.7. The predicted octanol–water partition coefficient (Wildman–Crippen LogP) is 13.0. The van der Waals surface area contributed by atoms with Crippen LogP contribution in [0.5, 0.6) is 34.5 Å². The summed E-state index contributed by atoms with van der Waals surface area (Å²) < 4.78 is 145. The Bertz CT molecular complexity index is 3510. The van der Waals surface area contributed by atoms with Crippen molar-refractivity contribution in [2.75, 3.05) is 37.3 Å². The van der Waals surface area contributed by atoms with Gasteiger partial charge in [0.15, 0.2) is 34.5 Å². The van der Waals surface area contributed by atoms with E-state index in [1.54, 1.807) is 54.6 Å². The predicted molar refractivity (Wildman–Crippen MR) is 341 cm³/mol. The normalized spacial score (nSPS) is 15.2. The van der Waals surface area contributed by atoms with E-state index < -0.39 is 54.7 Å². The van der Waals surface area contributed by atoms with Crippen molar-refractivity contribution in [2.24, 2.45) is 0 Å². The molecule has 0 amide bonds. The second-order valence-corrected chi connectivity index (χ2v) is 29.2. The molecule has 22 nitrogen and oxygen atoms in total. The van der Waals surface area contributed by atoms with E-state index in [2.05, 4.69) is 30.1 Å². The number of benzene rings is 6. The standard InChI is InChI=1S/C63H81N6O16PS3/c1-10-61(11-2,49-34-37-52(70)58(80-7)55(49)64-40-22-28-46(29-23-40)87(74,75)67-43-16-17-43)83-86(73,84-62(12-3,13-4)50-35-38-53(71)59(81-8)56(50)65-41-24-30-47(31-25-41)88(76,77)68-44-18-19-44)85-63(14-5,15-6)51-36-39-54(72)60(82-9)57(51)66-42-26-32-48(33-27-42)89(78,79)69-45-20-21-45/h22-39,43-45,64-72H,10-21H2,1-9H3. The Morgan fingerprint density at radius 3 is 0.809 bits per heavy atom. The highest BCUT2D eigenvalue weighted by Crippen LogP contribution is 2.67. The number of phosphoric acid groups is 1. The summed E-state index contributed by atoms with van der Waals surface area (Å²) in [5.41, 5.74) is -2.34. The fourth-order valence-electron chi connectivity index (χ4n) is 11.0. The maximum absolute atomic E-state index is 17.5. The summed E-state index contributed by atoms with van der Waals surface area (Å²) in [6.45, 7) is 10.9. The lowest BCUT2D eigenvalue weighted by Gasteiger charge is -2.44. The van der Waals surface area contributed by atoms with Crippen LogP contribution < -0.4 is 44.3 Å². The molecule has 9 rings (SSSR count). The van der Waals surface area contributed by atoms with Crippen molar-refractivity contribution in [1.29, 1.82) is 0 Å². The number of methoxy groups -OCH3 is 3. The van der Waals surface area contributed by atoms with Gasteiger partial charge in [-0.1, -0.05) is 59.7 Å². The molecule has 0 bridgehead atoms. The number of nitrogens with one attached hydrogen (secondary N) is 6. The third-order valence-corrected chi connectivity index (χ3v) is 23.1. The summed E-state index contributed by atoms with van der Waals surface area (Å²) in [5, 5.41) is 44.5. The van der Waals surface area contributed by atoms with Crippen molar-refractivity contribution in [3.63, 3.8) is 0 Å². The molecule has 0 atom stereocenters. The fourth-order valence-corrected chi connectivity index (χ4v) is 17.4. The smallest absolute Gasteiger partial charge is 0.477 e. The van der Waals surface area contributed by atoms with Gasteiger partial charge >= 0.3 is 7.82 Å². The maximum atomic E-state index is 17.5. The molecule has 9 N–H and O–H groups in total. The third-order valence-electron chi connectivity index (χ3n) is 16.8. The second kappa shape index (κ2) is 26.7. The van der Waals surface area contributed by atoms with Crippen LogP contribution in [0, 0.1) is 0 Å².